The fourth-order valence-corrected chi connectivity index (χ4v) is 2.63. The predicted molar refractivity (Wildman–Crippen MR) is 81.2 cm³/mol. The maximum atomic E-state index is 5.15. The van der Waals surface area contributed by atoms with Crippen molar-refractivity contribution < 1.29 is 4.74 Å². The van der Waals surface area contributed by atoms with Gasteiger partial charge in [-0.3, -0.25) is 0 Å². The lowest BCUT2D eigenvalue weighted by Crippen LogP contribution is -2.45. The highest BCUT2D eigenvalue weighted by Crippen LogP contribution is 2.21. The number of methoxy groups -OCH3 is 1. The van der Waals surface area contributed by atoms with Crippen molar-refractivity contribution in [2.45, 2.75) is 25.5 Å². The Morgan fingerprint density at radius 1 is 1.50 bits per heavy atom. The molecule has 1 saturated heterocycles. The molecule has 0 aromatic carbocycles. The van der Waals surface area contributed by atoms with E-state index in [9.17, 15) is 0 Å². The quantitative estimate of drug-likeness (QED) is 0.874. The number of hydrogen-bond acceptors (Lipinski definition) is 6. The number of likely N-dealkylation sites (tertiary alicyclic amines) is 1. The van der Waals surface area contributed by atoms with E-state index in [1.165, 1.54) is 19.4 Å². The van der Waals surface area contributed by atoms with Crippen LogP contribution in [0.5, 0.6) is 0 Å². The van der Waals surface area contributed by atoms with Gasteiger partial charge in [0.05, 0.1) is 0 Å². The van der Waals surface area contributed by atoms with Gasteiger partial charge in [-0.05, 0) is 26.4 Å². The van der Waals surface area contributed by atoms with E-state index in [0.29, 0.717) is 18.5 Å². The van der Waals surface area contributed by atoms with Crippen molar-refractivity contribution in [3.63, 3.8) is 0 Å². The average Bonchev–Trinajstić information content (AvgIpc) is 2.46. The molecule has 6 nitrogen and oxygen atoms in total. The second kappa shape index (κ2) is 6.85. The summed E-state index contributed by atoms with van der Waals surface area (Å²) in [5.74, 6) is 2.50. The maximum absolute atomic E-state index is 5.15. The van der Waals surface area contributed by atoms with E-state index in [2.05, 4.69) is 39.2 Å². The molecule has 1 unspecified atom stereocenters. The van der Waals surface area contributed by atoms with E-state index in [-0.39, 0.29) is 0 Å². The molecule has 2 rings (SSSR count). The third-order valence-corrected chi connectivity index (χ3v) is 3.80. The van der Waals surface area contributed by atoms with Crippen LogP contribution in [0.25, 0.3) is 0 Å². The summed E-state index contributed by atoms with van der Waals surface area (Å²) >= 11 is 0. The van der Waals surface area contributed by atoms with Crippen molar-refractivity contribution in [2.24, 2.45) is 0 Å². The minimum absolute atomic E-state index is 0.431. The highest BCUT2D eigenvalue weighted by molar-refractivity contribution is 5.49. The van der Waals surface area contributed by atoms with Crippen molar-refractivity contribution >= 4 is 11.6 Å². The molecule has 0 spiro atoms. The van der Waals surface area contributed by atoms with E-state index in [0.717, 1.165) is 18.2 Å². The molecular formula is C14H25N5O. The first-order valence-electron chi connectivity index (χ1n) is 7.10. The highest BCUT2D eigenvalue weighted by atomic mass is 16.5. The van der Waals surface area contributed by atoms with Gasteiger partial charge in [0, 0.05) is 39.9 Å². The van der Waals surface area contributed by atoms with E-state index in [1.54, 1.807) is 7.11 Å². The molecule has 1 atom stereocenters. The van der Waals surface area contributed by atoms with Gasteiger partial charge < -0.3 is 19.9 Å². The van der Waals surface area contributed by atoms with Crippen molar-refractivity contribution in [2.75, 3.05) is 51.6 Å². The Bertz CT molecular complexity index is 440. The number of rotatable bonds is 5. The molecule has 0 bridgehead atoms. The monoisotopic (exact) mass is 279 g/mol. The first-order valence-corrected chi connectivity index (χ1v) is 7.10. The number of hydrogen-bond donors (Lipinski definition) is 1. The number of nitrogens with zero attached hydrogens (tertiary/aromatic N) is 4. The molecule has 0 radical (unpaired) electrons. The van der Waals surface area contributed by atoms with Crippen LogP contribution in [0.1, 0.15) is 18.7 Å². The molecule has 0 saturated carbocycles. The topological polar surface area (TPSA) is 53.5 Å². The zero-order chi connectivity index (χ0) is 14.5. The minimum Gasteiger partial charge on any atom is -0.377 e. The zero-order valence-corrected chi connectivity index (χ0v) is 12.9. The number of anilines is 2. The van der Waals surface area contributed by atoms with Crippen LogP contribution in [0.15, 0.2) is 6.07 Å². The summed E-state index contributed by atoms with van der Waals surface area (Å²) in [6.07, 6.45) is 2.44. The highest BCUT2D eigenvalue weighted by Gasteiger charge is 2.22. The molecule has 1 fully saturated rings. The van der Waals surface area contributed by atoms with Crippen molar-refractivity contribution in [1.82, 2.24) is 14.9 Å². The average molecular weight is 279 g/mol. The van der Waals surface area contributed by atoms with Gasteiger partial charge >= 0.3 is 0 Å². The maximum Gasteiger partial charge on any atom is 0.158 e. The summed E-state index contributed by atoms with van der Waals surface area (Å²) in [4.78, 5) is 13.6. The molecule has 112 valence electrons. The summed E-state index contributed by atoms with van der Waals surface area (Å²) in [7, 11) is 7.82. The van der Waals surface area contributed by atoms with Crippen LogP contribution in [0.3, 0.4) is 0 Å². The first kappa shape index (κ1) is 15.0. The Morgan fingerprint density at radius 2 is 2.30 bits per heavy atom. The Morgan fingerprint density at radius 3 is 2.95 bits per heavy atom. The molecule has 1 aliphatic heterocycles. The Hall–Kier alpha value is -1.40. The normalized spacial score (nSPS) is 19.9. The summed E-state index contributed by atoms with van der Waals surface area (Å²) in [5.41, 5.74) is 0. The lowest BCUT2D eigenvalue weighted by atomic mass is 10.1. The summed E-state index contributed by atoms with van der Waals surface area (Å²) in [6.45, 7) is 2.70. The third-order valence-electron chi connectivity index (χ3n) is 3.80. The largest absolute Gasteiger partial charge is 0.377 e. The minimum atomic E-state index is 0.431. The predicted octanol–water partition coefficient (Wildman–Crippen LogP) is 1.20. The van der Waals surface area contributed by atoms with Gasteiger partial charge in [0.2, 0.25) is 0 Å². The van der Waals surface area contributed by atoms with Crippen LogP contribution in [0.4, 0.5) is 11.6 Å². The van der Waals surface area contributed by atoms with Gasteiger partial charge in [-0.1, -0.05) is 0 Å². The molecule has 2 heterocycles. The van der Waals surface area contributed by atoms with E-state index in [1.807, 2.05) is 13.1 Å². The van der Waals surface area contributed by atoms with Crippen LogP contribution in [0.2, 0.25) is 0 Å². The number of piperidine rings is 1. The summed E-state index contributed by atoms with van der Waals surface area (Å²) < 4.78 is 5.15. The first-order chi connectivity index (χ1) is 9.63. The van der Waals surface area contributed by atoms with E-state index in [4.69, 9.17) is 4.74 Å². The van der Waals surface area contributed by atoms with Crippen molar-refractivity contribution in [3.05, 3.63) is 11.9 Å². The second-order valence-electron chi connectivity index (χ2n) is 5.38. The lowest BCUT2D eigenvalue weighted by Gasteiger charge is -2.36. The van der Waals surface area contributed by atoms with Crippen LogP contribution in [0, 0.1) is 0 Å². The molecule has 0 aliphatic carbocycles. The second-order valence-corrected chi connectivity index (χ2v) is 5.38. The molecular weight excluding hydrogens is 254 g/mol. The van der Waals surface area contributed by atoms with Crippen LogP contribution in [-0.4, -0.2) is 62.3 Å². The van der Waals surface area contributed by atoms with Crippen LogP contribution < -0.4 is 10.2 Å². The molecule has 1 N–H and O–H groups in total. The third kappa shape index (κ3) is 3.58. The molecule has 20 heavy (non-hydrogen) atoms. The Kier molecular flexibility index (Phi) is 5.14. The molecule has 6 heteroatoms. The molecule has 1 aromatic rings. The Labute approximate surface area is 121 Å². The number of ether oxygens (including phenoxy) is 1. The Balaban J connectivity index is 2.19. The van der Waals surface area contributed by atoms with Gasteiger partial charge in [-0.2, -0.15) is 0 Å². The van der Waals surface area contributed by atoms with Gasteiger partial charge in [-0.15, -0.1) is 0 Å². The molecule has 1 aromatic heterocycles. The van der Waals surface area contributed by atoms with Crippen LogP contribution >= 0.6 is 0 Å². The summed E-state index contributed by atoms with van der Waals surface area (Å²) in [5, 5.41) is 3.09. The summed E-state index contributed by atoms with van der Waals surface area (Å²) in [6, 6.07) is 2.50. The standard InChI is InChI=1S/C14H25N5O/c1-15-12-8-14(17-13(16-12)10-20-4)19(3)11-6-5-7-18(2)9-11/h8,11H,5-7,9-10H2,1-4H3,(H,15,16,17). The van der Waals surface area contributed by atoms with E-state index < -0.39 is 0 Å². The van der Waals surface area contributed by atoms with Crippen molar-refractivity contribution in [3.8, 4) is 0 Å². The van der Waals surface area contributed by atoms with Crippen LogP contribution in [-0.2, 0) is 11.3 Å². The van der Waals surface area contributed by atoms with Gasteiger partial charge in [0.25, 0.3) is 0 Å². The fraction of sp³-hybridized carbons (Fsp3) is 0.714. The smallest absolute Gasteiger partial charge is 0.158 e. The van der Waals surface area contributed by atoms with Crippen molar-refractivity contribution in [1.29, 1.82) is 0 Å². The SMILES string of the molecule is CNc1cc(N(C)C2CCCN(C)C2)nc(COC)n1. The number of aromatic nitrogens is 2. The molecule has 0 amide bonds. The van der Waals surface area contributed by atoms with Gasteiger partial charge in [-0.25, -0.2) is 9.97 Å². The van der Waals surface area contributed by atoms with E-state index >= 15 is 0 Å². The fourth-order valence-electron chi connectivity index (χ4n) is 2.63. The van der Waals surface area contributed by atoms with Gasteiger partial charge in [0.1, 0.15) is 18.2 Å². The number of nitrogens with one attached hydrogen (secondary N) is 1. The van der Waals surface area contributed by atoms with Gasteiger partial charge in [0.15, 0.2) is 5.82 Å². The number of likely N-dealkylation sites (N-methyl/N-ethyl adjacent to an activating group) is 2. The lowest BCUT2D eigenvalue weighted by molar-refractivity contribution is 0.178. The zero-order valence-electron chi connectivity index (χ0n) is 12.9. The molecule has 1 aliphatic rings.